The summed E-state index contributed by atoms with van der Waals surface area (Å²) in [6, 6.07) is 0. The van der Waals surface area contributed by atoms with Crippen LogP contribution in [-0.2, 0) is 13.0 Å². The first-order valence-electron chi connectivity index (χ1n) is 7.86. The zero-order valence-corrected chi connectivity index (χ0v) is 13.5. The fourth-order valence-corrected chi connectivity index (χ4v) is 2.93. The minimum Gasteiger partial charge on any atom is -0.332 e. The highest BCUT2D eigenvalue weighted by Gasteiger charge is 2.47. The van der Waals surface area contributed by atoms with Gasteiger partial charge in [-0.05, 0) is 31.8 Å². The average molecular weight is 325 g/mol. The molecule has 0 aliphatic carbocycles. The molecule has 1 aliphatic heterocycles. The Morgan fingerprint density at radius 3 is 2.70 bits per heavy atom. The van der Waals surface area contributed by atoms with Crippen molar-refractivity contribution in [1.82, 2.24) is 25.2 Å². The Bertz CT molecular complexity index is 673. The number of hydrogen-bond donors (Lipinski definition) is 1. The molecule has 0 radical (unpaired) electrons. The highest BCUT2D eigenvalue weighted by molar-refractivity contribution is 5.57. The third-order valence-electron chi connectivity index (χ3n) is 4.21. The van der Waals surface area contributed by atoms with E-state index in [1.165, 1.54) is 0 Å². The van der Waals surface area contributed by atoms with Crippen LogP contribution in [0.25, 0.3) is 11.4 Å². The Morgan fingerprint density at radius 1 is 1.35 bits per heavy atom. The van der Waals surface area contributed by atoms with Crippen molar-refractivity contribution in [1.29, 1.82) is 0 Å². The number of nitrogens with one attached hydrogen (secondary N) is 1. The van der Waals surface area contributed by atoms with Crippen LogP contribution in [0.3, 0.4) is 0 Å². The number of halogens is 2. The quantitative estimate of drug-likeness (QED) is 0.936. The van der Waals surface area contributed by atoms with Crippen LogP contribution in [0.4, 0.5) is 8.78 Å². The molecule has 23 heavy (non-hydrogen) atoms. The smallest absolute Gasteiger partial charge is 0.327 e. The summed E-state index contributed by atoms with van der Waals surface area (Å²) in [5, 5.41) is 11.2. The van der Waals surface area contributed by atoms with Crippen molar-refractivity contribution in [3.8, 4) is 11.4 Å². The highest BCUT2D eigenvalue weighted by Crippen LogP contribution is 2.40. The van der Waals surface area contributed by atoms with Crippen LogP contribution in [0.15, 0.2) is 10.7 Å². The molecule has 1 saturated heterocycles. The van der Waals surface area contributed by atoms with Crippen molar-refractivity contribution in [3.63, 3.8) is 0 Å². The fourth-order valence-electron chi connectivity index (χ4n) is 2.93. The summed E-state index contributed by atoms with van der Waals surface area (Å²) in [6.07, 6.45) is 2.52. The number of rotatable bonds is 4. The number of aromatic nitrogens is 4. The second-order valence-electron chi connectivity index (χ2n) is 6.33. The van der Waals surface area contributed by atoms with Gasteiger partial charge >= 0.3 is 5.92 Å². The van der Waals surface area contributed by atoms with Crippen molar-refractivity contribution < 1.29 is 13.3 Å². The molecule has 0 atom stereocenters. The van der Waals surface area contributed by atoms with Gasteiger partial charge in [0.15, 0.2) is 0 Å². The standard InChI is InChI=1S/C15H21F2N5O/c1-9(2)12-11(8-22(3)20-12)13-19-14(23-21-13)15(16,17)10-4-6-18-7-5-10/h8-10,18H,4-7H2,1-3H3. The molecular weight excluding hydrogens is 304 g/mol. The molecule has 0 saturated carbocycles. The average Bonchev–Trinajstić information content (AvgIpc) is 3.14. The van der Waals surface area contributed by atoms with E-state index >= 15 is 0 Å². The Labute approximate surface area is 133 Å². The Hall–Kier alpha value is -1.83. The van der Waals surface area contributed by atoms with E-state index in [0.29, 0.717) is 31.5 Å². The monoisotopic (exact) mass is 325 g/mol. The number of aryl methyl sites for hydroxylation is 1. The number of piperidine rings is 1. The SMILES string of the molecule is CC(C)c1nn(C)cc1-c1noc(C(F)(F)C2CCNCC2)n1. The Balaban J connectivity index is 1.91. The van der Waals surface area contributed by atoms with E-state index in [1.807, 2.05) is 13.8 Å². The van der Waals surface area contributed by atoms with Gasteiger partial charge in [0.05, 0.1) is 11.3 Å². The molecule has 2 aromatic heterocycles. The lowest BCUT2D eigenvalue weighted by Gasteiger charge is -2.27. The topological polar surface area (TPSA) is 68.8 Å². The van der Waals surface area contributed by atoms with Crippen LogP contribution in [-0.4, -0.2) is 33.0 Å². The highest BCUT2D eigenvalue weighted by atomic mass is 19.3. The van der Waals surface area contributed by atoms with Gasteiger partial charge in [-0.1, -0.05) is 19.0 Å². The molecule has 1 fully saturated rings. The molecule has 0 aromatic carbocycles. The van der Waals surface area contributed by atoms with Crippen LogP contribution >= 0.6 is 0 Å². The summed E-state index contributed by atoms with van der Waals surface area (Å²) in [4.78, 5) is 3.98. The molecule has 3 heterocycles. The van der Waals surface area contributed by atoms with Gasteiger partial charge in [-0.25, -0.2) is 0 Å². The van der Waals surface area contributed by atoms with Crippen molar-refractivity contribution in [2.75, 3.05) is 13.1 Å². The first kappa shape index (κ1) is 16.0. The van der Waals surface area contributed by atoms with Gasteiger partial charge in [0.1, 0.15) is 0 Å². The van der Waals surface area contributed by atoms with Gasteiger partial charge in [0.25, 0.3) is 5.89 Å². The zero-order chi connectivity index (χ0) is 16.6. The van der Waals surface area contributed by atoms with E-state index in [4.69, 9.17) is 4.52 Å². The summed E-state index contributed by atoms with van der Waals surface area (Å²) >= 11 is 0. The minimum absolute atomic E-state index is 0.137. The molecule has 0 amide bonds. The van der Waals surface area contributed by atoms with Crippen molar-refractivity contribution in [2.45, 2.75) is 38.5 Å². The van der Waals surface area contributed by atoms with Crippen LogP contribution in [0, 0.1) is 5.92 Å². The molecule has 6 nitrogen and oxygen atoms in total. The number of alkyl halides is 2. The maximum atomic E-state index is 14.6. The van der Waals surface area contributed by atoms with E-state index in [-0.39, 0.29) is 11.7 Å². The minimum atomic E-state index is -3.10. The van der Waals surface area contributed by atoms with Crippen molar-refractivity contribution in [2.24, 2.45) is 13.0 Å². The molecular formula is C15H21F2N5O. The van der Waals surface area contributed by atoms with Gasteiger partial charge in [-0.15, -0.1) is 0 Å². The predicted octanol–water partition coefficient (Wildman–Crippen LogP) is 2.68. The second kappa shape index (κ2) is 5.99. The van der Waals surface area contributed by atoms with Gasteiger partial charge in [0.2, 0.25) is 5.82 Å². The van der Waals surface area contributed by atoms with Gasteiger partial charge in [-0.3, -0.25) is 4.68 Å². The maximum Gasteiger partial charge on any atom is 0.327 e. The molecule has 8 heteroatoms. The summed E-state index contributed by atoms with van der Waals surface area (Å²) in [5.74, 6) is -4.16. The van der Waals surface area contributed by atoms with E-state index in [9.17, 15) is 8.78 Å². The van der Waals surface area contributed by atoms with Crippen LogP contribution in [0.5, 0.6) is 0 Å². The van der Waals surface area contributed by atoms with E-state index < -0.39 is 17.7 Å². The lowest BCUT2D eigenvalue weighted by molar-refractivity contribution is -0.0993. The first-order valence-corrected chi connectivity index (χ1v) is 7.86. The molecule has 126 valence electrons. The summed E-state index contributed by atoms with van der Waals surface area (Å²) in [5.41, 5.74) is 1.41. The first-order chi connectivity index (χ1) is 10.9. The molecule has 3 rings (SSSR count). The van der Waals surface area contributed by atoms with E-state index in [2.05, 4.69) is 20.6 Å². The van der Waals surface area contributed by atoms with Crippen molar-refractivity contribution in [3.05, 3.63) is 17.8 Å². The third kappa shape index (κ3) is 2.99. The van der Waals surface area contributed by atoms with Crippen molar-refractivity contribution >= 4 is 0 Å². The normalized spacial score (nSPS) is 17.1. The second-order valence-corrected chi connectivity index (χ2v) is 6.33. The zero-order valence-electron chi connectivity index (χ0n) is 13.5. The lowest BCUT2D eigenvalue weighted by Crippen LogP contribution is -2.36. The number of hydrogen-bond acceptors (Lipinski definition) is 5. The van der Waals surface area contributed by atoms with E-state index in [1.54, 1.807) is 17.9 Å². The molecule has 0 spiro atoms. The van der Waals surface area contributed by atoms with Gasteiger partial charge in [0, 0.05) is 19.2 Å². The molecule has 1 N–H and O–H groups in total. The summed E-state index contributed by atoms with van der Waals surface area (Å²) < 4.78 is 35.7. The third-order valence-corrected chi connectivity index (χ3v) is 4.21. The summed E-state index contributed by atoms with van der Waals surface area (Å²) in [7, 11) is 1.78. The predicted molar refractivity (Wildman–Crippen MR) is 80.1 cm³/mol. The van der Waals surface area contributed by atoms with Gasteiger partial charge < -0.3 is 9.84 Å². The van der Waals surface area contributed by atoms with E-state index in [0.717, 1.165) is 5.69 Å². The summed E-state index contributed by atoms with van der Waals surface area (Å²) in [6.45, 7) is 5.13. The van der Waals surface area contributed by atoms with Gasteiger partial charge in [-0.2, -0.15) is 18.9 Å². The van der Waals surface area contributed by atoms with Crippen LogP contribution < -0.4 is 5.32 Å². The van der Waals surface area contributed by atoms with Crippen LogP contribution in [0.2, 0.25) is 0 Å². The molecule has 0 bridgehead atoms. The largest absolute Gasteiger partial charge is 0.332 e. The molecule has 1 aliphatic rings. The number of nitrogens with zero attached hydrogens (tertiary/aromatic N) is 4. The fraction of sp³-hybridized carbons (Fsp3) is 0.667. The lowest BCUT2D eigenvalue weighted by atomic mass is 9.91. The maximum absolute atomic E-state index is 14.6. The Kier molecular flexibility index (Phi) is 4.18. The van der Waals surface area contributed by atoms with Crippen LogP contribution in [0.1, 0.15) is 44.2 Å². The molecule has 0 unspecified atom stereocenters. The Morgan fingerprint density at radius 2 is 2.04 bits per heavy atom. The molecule has 2 aromatic rings.